The van der Waals surface area contributed by atoms with E-state index in [1.54, 1.807) is 13.3 Å². The van der Waals surface area contributed by atoms with Crippen LogP contribution in [0.4, 0.5) is 4.39 Å². The molecule has 2 N–H and O–H groups in total. The Hall–Kier alpha value is -1.94. The van der Waals surface area contributed by atoms with Gasteiger partial charge in [0.05, 0.1) is 18.8 Å². The summed E-state index contributed by atoms with van der Waals surface area (Å²) in [6.07, 6.45) is 5.59. The molecule has 1 unspecified atom stereocenters. The topological polar surface area (TPSA) is 48.1 Å². The second-order valence-electron chi connectivity index (χ2n) is 5.24. The minimum absolute atomic E-state index is 0.359. The van der Waals surface area contributed by atoms with E-state index < -0.39 is 5.54 Å². The van der Waals surface area contributed by atoms with Crippen molar-refractivity contribution in [3.8, 4) is 5.75 Å². The average molecular weight is 272 g/mol. The lowest BCUT2D eigenvalue weighted by Crippen LogP contribution is -2.41. The van der Waals surface area contributed by atoms with Crippen LogP contribution in [-0.4, -0.2) is 12.1 Å². The van der Waals surface area contributed by atoms with E-state index in [9.17, 15) is 4.39 Å². The van der Waals surface area contributed by atoms with Gasteiger partial charge in [0.15, 0.2) is 0 Å². The summed E-state index contributed by atoms with van der Waals surface area (Å²) in [6.45, 7) is 0. The van der Waals surface area contributed by atoms with Crippen LogP contribution in [0, 0.1) is 5.82 Å². The number of hydrogen-bond acceptors (Lipinski definition) is 3. The van der Waals surface area contributed by atoms with E-state index in [0.717, 1.165) is 30.6 Å². The number of methoxy groups -OCH3 is 1. The van der Waals surface area contributed by atoms with Crippen LogP contribution in [0.1, 0.15) is 29.5 Å². The molecule has 0 radical (unpaired) electrons. The number of aromatic nitrogens is 1. The van der Waals surface area contributed by atoms with Gasteiger partial charge >= 0.3 is 0 Å². The van der Waals surface area contributed by atoms with Crippen molar-refractivity contribution in [3.05, 3.63) is 59.2 Å². The van der Waals surface area contributed by atoms with Crippen LogP contribution in [0.15, 0.2) is 36.7 Å². The van der Waals surface area contributed by atoms with Crippen LogP contribution >= 0.6 is 0 Å². The third kappa shape index (κ3) is 2.06. The predicted octanol–water partition coefficient (Wildman–Crippen LogP) is 2.77. The number of pyridine rings is 1. The van der Waals surface area contributed by atoms with Gasteiger partial charge in [-0.05, 0) is 54.2 Å². The fraction of sp³-hybridized carbons (Fsp3) is 0.312. The van der Waals surface area contributed by atoms with Crippen molar-refractivity contribution in [2.75, 3.05) is 7.11 Å². The number of rotatable bonds is 2. The molecule has 0 fully saturated rings. The maximum atomic E-state index is 13.5. The zero-order valence-electron chi connectivity index (χ0n) is 11.4. The third-order valence-electron chi connectivity index (χ3n) is 4.03. The largest absolute Gasteiger partial charge is 0.497 e. The number of ether oxygens (including phenoxy) is 1. The standard InChI is InChI=1S/C16H17FN2O/c1-20-14-5-4-11-3-2-6-16(18,15(11)8-14)12-7-13(17)10-19-9-12/h4-5,7-10H,2-3,6,18H2,1H3. The zero-order valence-corrected chi connectivity index (χ0v) is 11.4. The number of nitrogens with two attached hydrogens (primary N) is 1. The van der Waals surface area contributed by atoms with Crippen molar-refractivity contribution in [2.45, 2.75) is 24.8 Å². The number of hydrogen-bond donors (Lipinski definition) is 1. The molecule has 4 heteroatoms. The summed E-state index contributed by atoms with van der Waals surface area (Å²) in [6, 6.07) is 7.41. The first kappa shape index (κ1) is 13.1. The van der Waals surface area contributed by atoms with Crippen LogP contribution in [0.5, 0.6) is 5.75 Å². The molecule has 1 aliphatic carbocycles. The molecule has 0 spiro atoms. The Balaban J connectivity index is 2.16. The molecule has 1 aromatic heterocycles. The molecule has 3 nitrogen and oxygen atoms in total. The Bertz CT molecular complexity index is 644. The number of fused-ring (bicyclic) bond motifs is 1. The monoisotopic (exact) mass is 272 g/mol. The van der Waals surface area contributed by atoms with E-state index >= 15 is 0 Å². The van der Waals surface area contributed by atoms with Crippen molar-refractivity contribution >= 4 is 0 Å². The lowest BCUT2D eigenvalue weighted by Gasteiger charge is -2.36. The molecule has 1 aliphatic rings. The molecular formula is C16H17FN2O. The molecule has 3 rings (SSSR count). The van der Waals surface area contributed by atoms with Gasteiger partial charge in [0.25, 0.3) is 0 Å². The Labute approximate surface area is 117 Å². The normalized spacial score (nSPS) is 21.4. The van der Waals surface area contributed by atoms with E-state index in [-0.39, 0.29) is 5.82 Å². The predicted molar refractivity (Wildman–Crippen MR) is 75.1 cm³/mol. The first-order valence-electron chi connectivity index (χ1n) is 6.71. The van der Waals surface area contributed by atoms with Gasteiger partial charge in [0.2, 0.25) is 0 Å². The van der Waals surface area contributed by atoms with Crippen LogP contribution in [0.2, 0.25) is 0 Å². The highest BCUT2D eigenvalue weighted by atomic mass is 19.1. The molecule has 0 aliphatic heterocycles. The Morgan fingerprint density at radius 1 is 1.30 bits per heavy atom. The van der Waals surface area contributed by atoms with Crippen LogP contribution < -0.4 is 10.5 Å². The van der Waals surface area contributed by atoms with E-state index in [2.05, 4.69) is 4.98 Å². The second kappa shape index (κ2) is 4.87. The summed E-state index contributed by atoms with van der Waals surface area (Å²) in [5.41, 5.74) is 8.85. The maximum Gasteiger partial charge on any atom is 0.141 e. The van der Waals surface area contributed by atoms with E-state index in [4.69, 9.17) is 10.5 Å². The summed E-state index contributed by atoms with van der Waals surface area (Å²) in [5, 5.41) is 0. The molecule has 20 heavy (non-hydrogen) atoms. The highest BCUT2D eigenvalue weighted by Gasteiger charge is 2.35. The zero-order chi connectivity index (χ0) is 14.2. The Morgan fingerprint density at radius 3 is 2.90 bits per heavy atom. The van der Waals surface area contributed by atoms with Crippen molar-refractivity contribution in [2.24, 2.45) is 5.73 Å². The van der Waals surface area contributed by atoms with E-state index in [1.807, 2.05) is 18.2 Å². The minimum atomic E-state index is -0.697. The van der Waals surface area contributed by atoms with Gasteiger partial charge in [-0.3, -0.25) is 4.98 Å². The Morgan fingerprint density at radius 2 is 2.15 bits per heavy atom. The number of aryl methyl sites for hydroxylation is 1. The maximum absolute atomic E-state index is 13.5. The van der Waals surface area contributed by atoms with Gasteiger partial charge in [-0.15, -0.1) is 0 Å². The fourth-order valence-corrected chi connectivity index (χ4v) is 2.96. The van der Waals surface area contributed by atoms with Crippen molar-refractivity contribution in [1.82, 2.24) is 4.98 Å². The molecule has 1 atom stereocenters. The average Bonchev–Trinajstić information content (AvgIpc) is 2.47. The summed E-state index contributed by atoms with van der Waals surface area (Å²) in [5.74, 6) is 0.409. The molecular weight excluding hydrogens is 255 g/mol. The third-order valence-corrected chi connectivity index (χ3v) is 4.03. The second-order valence-corrected chi connectivity index (χ2v) is 5.24. The van der Waals surface area contributed by atoms with Gasteiger partial charge in [0, 0.05) is 6.20 Å². The number of halogens is 1. The van der Waals surface area contributed by atoms with Crippen LogP contribution in [0.3, 0.4) is 0 Å². The molecule has 0 amide bonds. The van der Waals surface area contributed by atoms with Crippen molar-refractivity contribution in [1.29, 1.82) is 0 Å². The SMILES string of the molecule is COc1ccc2c(c1)C(N)(c1cncc(F)c1)CCC2. The number of nitrogens with zero attached hydrogens (tertiary/aromatic N) is 1. The summed E-state index contributed by atoms with van der Waals surface area (Å²) in [7, 11) is 1.63. The number of benzene rings is 1. The van der Waals surface area contributed by atoms with Crippen LogP contribution in [-0.2, 0) is 12.0 Å². The van der Waals surface area contributed by atoms with Crippen LogP contribution in [0.25, 0.3) is 0 Å². The van der Waals surface area contributed by atoms with Gasteiger partial charge < -0.3 is 10.5 Å². The first-order valence-corrected chi connectivity index (χ1v) is 6.71. The molecule has 0 bridgehead atoms. The van der Waals surface area contributed by atoms with E-state index in [0.29, 0.717) is 5.56 Å². The fourth-order valence-electron chi connectivity index (χ4n) is 2.96. The summed E-state index contributed by atoms with van der Waals surface area (Å²) >= 11 is 0. The Kier molecular flexibility index (Phi) is 3.18. The lowest BCUT2D eigenvalue weighted by molar-refractivity contribution is 0.404. The molecule has 1 aromatic carbocycles. The molecule has 0 saturated carbocycles. The minimum Gasteiger partial charge on any atom is -0.497 e. The van der Waals surface area contributed by atoms with E-state index in [1.165, 1.54) is 17.8 Å². The van der Waals surface area contributed by atoms with Gasteiger partial charge in [-0.2, -0.15) is 0 Å². The smallest absolute Gasteiger partial charge is 0.141 e. The lowest BCUT2D eigenvalue weighted by atomic mass is 9.73. The van der Waals surface area contributed by atoms with Gasteiger partial charge in [-0.1, -0.05) is 6.07 Å². The molecule has 104 valence electrons. The molecule has 1 heterocycles. The molecule has 2 aromatic rings. The van der Waals surface area contributed by atoms with Gasteiger partial charge in [-0.25, -0.2) is 4.39 Å². The van der Waals surface area contributed by atoms with Gasteiger partial charge in [0.1, 0.15) is 11.6 Å². The van der Waals surface area contributed by atoms with Crippen molar-refractivity contribution in [3.63, 3.8) is 0 Å². The molecule has 0 saturated heterocycles. The quantitative estimate of drug-likeness (QED) is 0.914. The van der Waals surface area contributed by atoms with Crippen molar-refractivity contribution < 1.29 is 9.13 Å². The first-order chi connectivity index (χ1) is 9.63. The summed E-state index contributed by atoms with van der Waals surface area (Å²) < 4.78 is 18.8. The highest BCUT2D eigenvalue weighted by Crippen LogP contribution is 2.39. The summed E-state index contributed by atoms with van der Waals surface area (Å²) in [4.78, 5) is 3.93. The highest BCUT2D eigenvalue weighted by molar-refractivity contribution is 5.47.